The molecular formula is C28H34N8O. The zero-order chi connectivity index (χ0) is 25.6. The Kier molecular flexibility index (Phi) is 6.00. The number of terminal acetylenes is 1. The summed E-state index contributed by atoms with van der Waals surface area (Å²) in [6.07, 6.45) is 15.2. The van der Waals surface area contributed by atoms with Gasteiger partial charge >= 0.3 is 0 Å². The predicted molar refractivity (Wildman–Crippen MR) is 145 cm³/mol. The van der Waals surface area contributed by atoms with Crippen molar-refractivity contribution in [2.24, 2.45) is 0 Å². The molecule has 1 saturated carbocycles. The summed E-state index contributed by atoms with van der Waals surface area (Å²) in [5.74, 6) is 4.06. The quantitative estimate of drug-likeness (QED) is 0.532. The number of pyridine rings is 1. The molecule has 0 radical (unpaired) electrons. The largest absolute Gasteiger partial charge is 0.366 e. The Morgan fingerprint density at radius 2 is 2.00 bits per heavy atom. The second kappa shape index (κ2) is 9.34. The molecule has 0 aromatic carbocycles. The standard InChI is InChI=1S/C28H34N8O/c1-4-21-17-34(12-13-35(21)19(2)3)22-8-9-24(29-16-22)32-27-30-15-20-14-23-26(37)31-18-28(10-6-5-7-11-28)36(23)25(20)33-27/h1,8-9,14-16,19,21H,5-7,10-13,17-18H2,2-3H3,(H,31,37)(H,29,30,32,33). The van der Waals surface area contributed by atoms with Gasteiger partial charge in [0.1, 0.15) is 17.2 Å². The number of hydrogen-bond donors (Lipinski definition) is 2. The summed E-state index contributed by atoms with van der Waals surface area (Å²) in [7, 11) is 0. The van der Waals surface area contributed by atoms with E-state index in [2.05, 4.69) is 60.8 Å². The van der Waals surface area contributed by atoms with Gasteiger partial charge in [0, 0.05) is 43.8 Å². The van der Waals surface area contributed by atoms with Crippen molar-refractivity contribution in [2.75, 3.05) is 36.4 Å². The molecule has 1 amide bonds. The van der Waals surface area contributed by atoms with Crippen molar-refractivity contribution in [2.45, 2.75) is 63.6 Å². The van der Waals surface area contributed by atoms with Crippen molar-refractivity contribution in [3.8, 4) is 12.3 Å². The summed E-state index contributed by atoms with van der Waals surface area (Å²) in [5.41, 5.74) is 2.44. The summed E-state index contributed by atoms with van der Waals surface area (Å²) in [4.78, 5) is 31.4. The fourth-order valence-corrected chi connectivity index (χ4v) is 6.28. The molecule has 2 fully saturated rings. The fraction of sp³-hybridized carbons (Fsp3) is 0.500. The molecule has 1 unspecified atom stereocenters. The number of hydrogen-bond acceptors (Lipinski definition) is 7. The molecule has 1 saturated heterocycles. The molecule has 2 N–H and O–H groups in total. The third-order valence-electron chi connectivity index (χ3n) is 8.24. The van der Waals surface area contributed by atoms with Crippen LogP contribution in [0.1, 0.15) is 56.4 Å². The minimum absolute atomic E-state index is 0.0396. The molecule has 37 heavy (non-hydrogen) atoms. The van der Waals surface area contributed by atoms with E-state index >= 15 is 0 Å². The molecule has 1 atom stereocenters. The van der Waals surface area contributed by atoms with Crippen LogP contribution in [0, 0.1) is 12.3 Å². The lowest BCUT2D eigenvalue weighted by Crippen LogP contribution is -2.55. The van der Waals surface area contributed by atoms with E-state index in [-0.39, 0.29) is 17.5 Å². The molecule has 5 heterocycles. The number of fused-ring (bicyclic) bond motifs is 4. The third kappa shape index (κ3) is 4.19. The van der Waals surface area contributed by atoms with Gasteiger partial charge in [0.05, 0.1) is 23.5 Å². The third-order valence-corrected chi connectivity index (χ3v) is 8.24. The molecule has 2 aliphatic heterocycles. The van der Waals surface area contributed by atoms with Crippen molar-refractivity contribution in [3.05, 3.63) is 36.3 Å². The van der Waals surface area contributed by atoms with Gasteiger partial charge in [-0.2, -0.15) is 4.98 Å². The maximum absolute atomic E-state index is 12.7. The molecule has 3 aliphatic rings. The zero-order valence-electron chi connectivity index (χ0n) is 21.6. The monoisotopic (exact) mass is 498 g/mol. The van der Waals surface area contributed by atoms with Gasteiger partial charge in [-0.05, 0) is 44.9 Å². The van der Waals surface area contributed by atoms with Crippen LogP contribution in [0.4, 0.5) is 17.5 Å². The molecular weight excluding hydrogens is 464 g/mol. The van der Waals surface area contributed by atoms with Gasteiger partial charge in [0.25, 0.3) is 5.91 Å². The van der Waals surface area contributed by atoms with Gasteiger partial charge in [-0.15, -0.1) is 6.42 Å². The maximum Gasteiger partial charge on any atom is 0.268 e. The van der Waals surface area contributed by atoms with Crippen LogP contribution < -0.4 is 15.5 Å². The van der Waals surface area contributed by atoms with E-state index in [1.54, 1.807) is 6.20 Å². The number of piperazine rings is 1. The molecule has 6 rings (SSSR count). The number of rotatable bonds is 4. The van der Waals surface area contributed by atoms with Gasteiger partial charge in [0.15, 0.2) is 0 Å². The summed E-state index contributed by atoms with van der Waals surface area (Å²) in [6, 6.07) is 6.45. The SMILES string of the molecule is C#CC1CN(c2ccc(Nc3ncc4cc5n(c4n3)C3(CCCCC3)CNC5=O)nc2)CCN1C(C)C. The average Bonchev–Trinajstić information content (AvgIpc) is 3.32. The lowest BCUT2D eigenvalue weighted by atomic mass is 9.80. The number of anilines is 3. The van der Waals surface area contributed by atoms with Crippen LogP contribution in [0.15, 0.2) is 30.6 Å². The summed E-state index contributed by atoms with van der Waals surface area (Å²) < 4.78 is 2.18. The minimum Gasteiger partial charge on any atom is -0.366 e. The van der Waals surface area contributed by atoms with Crippen molar-refractivity contribution >= 4 is 34.4 Å². The normalized spacial score (nSPS) is 21.6. The highest BCUT2D eigenvalue weighted by molar-refractivity contribution is 5.99. The van der Waals surface area contributed by atoms with E-state index in [1.165, 1.54) is 6.42 Å². The van der Waals surface area contributed by atoms with Crippen LogP contribution in [0.2, 0.25) is 0 Å². The van der Waals surface area contributed by atoms with Crippen molar-refractivity contribution in [1.29, 1.82) is 0 Å². The zero-order valence-corrected chi connectivity index (χ0v) is 21.6. The van der Waals surface area contributed by atoms with Gasteiger partial charge in [-0.25, -0.2) is 9.97 Å². The first-order valence-electron chi connectivity index (χ1n) is 13.3. The number of nitrogens with zero attached hydrogens (tertiary/aromatic N) is 6. The Hall–Kier alpha value is -3.64. The highest BCUT2D eigenvalue weighted by Crippen LogP contribution is 2.40. The van der Waals surface area contributed by atoms with Gasteiger partial charge < -0.3 is 20.1 Å². The van der Waals surface area contributed by atoms with Gasteiger partial charge in [-0.3, -0.25) is 9.69 Å². The van der Waals surface area contributed by atoms with E-state index < -0.39 is 0 Å². The number of nitrogens with one attached hydrogen (secondary N) is 2. The maximum atomic E-state index is 12.7. The Balaban J connectivity index is 1.24. The molecule has 1 aliphatic carbocycles. The molecule has 192 valence electrons. The van der Waals surface area contributed by atoms with Crippen molar-refractivity contribution in [3.63, 3.8) is 0 Å². The minimum atomic E-state index is -0.107. The number of carbonyl (C=O) groups is 1. The predicted octanol–water partition coefficient (Wildman–Crippen LogP) is 3.50. The summed E-state index contributed by atoms with van der Waals surface area (Å²) in [6.45, 7) is 7.67. The van der Waals surface area contributed by atoms with Gasteiger partial charge in [-0.1, -0.05) is 25.2 Å². The summed E-state index contributed by atoms with van der Waals surface area (Å²) in [5, 5.41) is 7.25. The van der Waals surface area contributed by atoms with E-state index in [9.17, 15) is 4.79 Å². The molecule has 1 spiro atoms. The lowest BCUT2D eigenvalue weighted by molar-refractivity contribution is 0.0833. The first-order chi connectivity index (χ1) is 18.0. The first-order valence-corrected chi connectivity index (χ1v) is 13.3. The van der Waals surface area contributed by atoms with Crippen LogP contribution in [-0.4, -0.2) is 68.6 Å². The number of aromatic nitrogens is 4. The fourth-order valence-electron chi connectivity index (χ4n) is 6.28. The van der Waals surface area contributed by atoms with Crippen molar-refractivity contribution < 1.29 is 4.79 Å². The Morgan fingerprint density at radius 3 is 2.73 bits per heavy atom. The van der Waals surface area contributed by atoms with Gasteiger partial charge in [0.2, 0.25) is 5.95 Å². The molecule has 3 aromatic heterocycles. The Morgan fingerprint density at radius 1 is 1.16 bits per heavy atom. The van der Waals surface area contributed by atoms with E-state index in [4.69, 9.17) is 11.4 Å². The number of amides is 1. The van der Waals surface area contributed by atoms with Crippen LogP contribution in [-0.2, 0) is 5.54 Å². The second-order valence-electron chi connectivity index (χ2n) is 10.8. The van der Waals surface area contributed by atoms with E-state index in [0.29, 0.717) is 30.0 Å². The Labute approximate surface area is 217 Å². The molecule has 9 nitrogen and oxygen atoms in total. The highest BCUT2D eigenvalue weighted by atomic mass is 16.2. The molecule has 3 aromatic rings. The van der Waals surface area contributed by atoms with E-state index in [1.807, 2.05) is 18.3 Å². The number of carbonyl (C=O) groups excluding carboxylic acids is 1. The Bertz CT molecular complexity index is 1350. The molecule has 0 bridgehead atoms. The van der Waals surface area contributed by atoms with Crippen molar-refractivity contribution in [1.82, 2.24) is 29.7 Å². The second-order valence-corrected chi connectivity index (χ2v) is 10.8. The topological polar surface area (TPSA) is 91.2 Å². The van der Waals surface area contributed by atoms with Crippen LogP contribution in [0.3, 0.4) is 0 Å². The first kappa shape index (κ1) is 23.7. The van der Waals surface area contributed by atoms with Crippen LogP contribution in [0.5, 0.6) is 0 Å². The highest BCUT2D eigenvalue weighted by Gasteiger charge is 2.41. The summed E-state index contributed by atoms with van der Waals surface area (Å²) >= 11 is 0. The van der Waals surface area contributed by atoms with Crippen LogP contribution >= 0.6 is 0 Å². The average molecular weight is 499 g/mol. The smallest absolute Gasteiger partial charge is 0.268 e. The van der Waals surface area contributed by atoms with E-state index in [0.717, 1.165) is 62.0 Å². The van der Waals surface area contributed by atoms with Crippen LogP contribution in [0.25, 0.3) is 11.0 Å². The lowest BCUT2D eigenvalue weighted by Gasteiger charge is -2.42. The molecule has 9 heteroatoms.